The quantitative estimate of drug-likeness (QED) is 0.257. The summed E-state index contributed by atoms with van der Waals surface area (Å²) in [5, 5.41) is 11.2. The molecule has 0 bridgehead atoms. The van der Waals surface area contributed by atoms with Crippen molar-refractivity contribution in [2.24, 2.45) is 0 Å². The number of Topliss-reactive ketones (excluding diaryl/α,β-unsaturated/α-hetero) is 1. The number of hydrogen-bond acceptors (Lipinski definition) is 5. The molecule has 4 rings (SSSR count). The van der Waals surface area contributed by atoms with Gasteiger partial charge in [-0.2, -0.15) is 0 Å². The van der Waals surface area contributed by atoms with E-state index in [0.29, 0.717) is 0 Å². The summed E-state index contributed by atoms with van der Waals surface area (Å²) < 4.78 is 39.4. The number of carbonyl (C=O) groups is 2. The number of methoxy groups -OCH3 is 2. The highest BCUT2D eigenvalue weighted by atomic mass is 35.5. The highest BCUT2D eigenvalue weighted by Crippen LogP contribution is 2.48. The number of aliphatic hydroxyl groups is 1. The third-order valence-electron chi connectivity index (χ3n) is 5.53. The van der Waals surface area contributed by atoms with Crippen LogP contribution in [0.4, 0.5) is 14.5 Å². The summed E-state index contributed by atoms with van der Waals surface area (Å²) in [5.41, 5.74) is -0.679. The highest BCUT2D eigenvalue weighted by molar-refractivity contribution is 6.52. The van der Waals surface area contributed by atoms with Crippen LogP contribution in [0.25, 0.3) is 5.76 Å². The van der Waals surface area contributed by atoms with Gasteiger partial charge < -0.3 is 14.6 Å². The first-order valence-electron chi connectivity index (χ1n) is 10.1. The van der Waals surface area contributed by atoms with Gasteiger partial charge in [-0.15, -0.1) is 0 Å². The first kappa shape index (κ1) is 24.5. The lowest BCUT2D eigenvalue weighted by atomic mass is 9.94. The summed E-state index contributed by atoms with van der Waals surface area (Å²) in [4.78, 5) is 27.3. The predicted octanol–water partition coefficient (Wildman–Crippen LogP) is 5.92. The van der Waals surface area contributed by atoms with E-state index in [9.17, 15) is 23.5 Å². The topological polar surface area (TPSA) is 76.1 Å². The molecule has 0 radical (unpaired) electrons. The van der Waals surface area contributed by atoms with Gasteiger partial charge in [-0.3, -0.25) is 14.5 Å². The molecule has 1 aliphatic rings. The standard InChI is InChI=1S/C25H17Cl2F2NO5/c1-34-23-15(11-16(26)24(35-2)19(23)27)21(31)18-20(14-8-3-4-9-17(14)29)30(25(33)22(18)32)13-7-5-6-12(28)10-13/h3-11,20,31H,1-2H3/b21-18+. The summed E-state index contributed by atoms with van der Waals surface area (Å²) in [7, 11) is 2.60. The van der Waals surface area contributed by atoms with Gasteiger partial charge in [0.05, 0.1) is 36.4 Å². The number of aliphatic hydroxyl groups excluding tert-OH is 1. The Labute approximate surface area is 208 Å². The SMILES string of the molecule is COc1c(Cl)cc(/C(O)=C2\C(=O)C(=O)N(c3cccc(F)c3)C2c2ccccc2F)c(OC)c1Cl. The lowest BCUT2D eigenvalue weighted by Crippen LogP contribution is -2.30. The fourth-order valence-corrected chi connectivity index (χ4v) is 4.69. The van der Waals surface area contributed by atoms with Gasteiger partial charge in [0.1, 0.15) is 22.4 Å². The fraction of sp³-hybridized carbons (Fsp3) is 0.120. The molecule has 1 atom stereocenters. The zero-order valence-corrected chi connectivity index (χ0v) is 19.8. The molecule has 1 fully saturated rings. The minimum atomic E-state index is -1.43. The summed E-state index contributed by atoms with van der Waals surface area (Å²) in [5.74, 6) is -4.36. The Hall–Kier alpha value is -3.62. The molecule has 0 saturated carbocycles. The number of hydrogen-bond donors (Lipinski definition) is 1. The van der Waals surface area contributed by atoms with Crippen molar-refractivity contribution in [1.82, 2.24) is 0 Å². The van der Waals surface area contributed by atoms with Crippen LogP contribution in [0.2, 0.25) is 10.0 Å². The van der Waals surface area contributed by atoms with Gasteiger partial charge >= 0.3 is 0 Å². The molecule has 0 spiro atoms. The maximum atomic E-state index is 15.0. The molecule has 1 aliphatic heterocycles. The number of rotatable bonds is 5. The Kier molecular flexibility index (Phi) is 6.69. The summed E-state index contributed by atoms with van der Waals surface area (Å²) >= 11 is 12.6. The van der Waals surface area contributed by atoms with Crippen LogP contribution in [-0.2, 0) is 9.59 Å². The van der Waals surface area contributed by atoms with Crippen LogP contribution in [-0.4, -0.2) is 31.0 Å². The number of carbonyl (C=O) groups excluding carboxylic acids is 2. The molecule has 1 N–H and O–H groups in total. The van der Waals surface area contributed by atoms with E-state index >= 15 is 0 Å². The number of halogens is 4. The van der Waals surface area contributed by atoms with Gasteiger partial charge in [0.25, 0.3) is 11.7 Å². The van der Waals surface area contributed by atoms with Gasteiger partial charge in [-0.1, -0.05) is 47.5 Å². The monoisotopic (exact) mass is 519 g/mol. The summed E-state index contributed by atoms with van der Waals surface area (Å²) in [6, 6.07) is 10.2. The minimum absolute atomic E-state index is 0.00263. The number of anilines is 1. The number of nitrogens with zero attached hydrogens (tertiary/aromatic N) is 1. The van der Waals surface area contributed by atoms with Crippen LogP contribution >= 0.6 is 23.2 Å². The minimum Gasteiger partial charge on any atom is -0.507 e. The second kappa shape index (κ2) is 9.56. The van der Waals surface area contributed by atoms with Crippen LogP contribution in [0.3, 0.4) is 0 Å². The van der Waals surface area contributed by atoms with Gasteiger partial charge in [0.2, 0.25) is 0 Å². The van der Waals surface area contributed by atoms with Crippen molar-refractivity contribution >= 4 is 46.3 Å². The number of amides is 1. The average Bonchev–Trinajstić information content (AvgIpc) is 3.09. The smallest absolute Gasteiger partial charge is 0.300 e. The average molecular weight is 520 g/mol. The van der Waals surface area contributed by atoms with Crippen molar-refractivity contribution in [3.63, 3.8) is 0 Å². The molecule has 6 nitrogen and oxygen atoms in total. The zero-order valence-electron chi connectivity index (χ0n) is 18.3. The summed E-state index contributed by atoms with van der Waals surface area (Å²) in [6.45, 7) is 0. The molecule has 0 aromatic heterocycles. The highest BCUT2D eigenvalue weighted by Gasteiger charge is 2.48. The zero-order chi connectivity index (χ0) is 25.4. The van der Waals surface area contributed by atoms with Gasteiger partial charge in [0.15, 0.2) is 11.5 Å². The Bertz CT molecular complexity index is 1390. The maximum Gasteiger partial charge on any atom is 0.300 e. The van der Waals surface area contributed by atoms with Gasteiger partial charge in [-0.05, 0) is 30.3 Å². The van der Waals surface area contributed by atoms with E-state index in [1.165, 1.54) is 50.6 Å². The molecule has 1 heterocycles. The lowest BCUT2D eigenvalue weighted by Gasteiger charge is -2.26. The molecule has 10 heteroatoms. The predicted molar refractivity (Wildman–Crippen MR) is 127 cm³/mol. The van der Waals surface area contributed by atoms with Crippen LogP contribution < -0.4 is 14.4 Å². The van der Waals surface area contributed by atoms with E-state index in [1.54, 1.807) is 0 Å². The van der Waals surface area contributed by atoms with E-state index in [4.69, 9.17) is 32.7 Å². The molecule has 0 aliphatic carbocycles. The fourth-order valence-electron chi connectivity index (χ4n) is 4.01. The van der Waals surface area contributed by atoms with E-state index in [1.807, 2.05) is 0 Å². The molecular weight excluding hydrogens is 503 g/mol. The van der Waals surface area contributed by atoms with E-state index in [0.717, 1.165) is 23.1 Å². The van der Waals surface area contributed by atoms with Crippen molar-refractivity contribution in [2.75, 3.05) is 19.1 Å². The molecule has 1 amide bonds. The molecule has 35 heavy (non-hydrogen) atoms. The van der Waals surface area contributed by atoms with Gasteiger partial charge in [-0.25, -0.2) is 8.78 Å². The number of ketones is 1. The molecular formula is C25H17Cl2F2NO5. The molecule has 1 saturated heterocycles. The van der Waals surface area contributed by atoms with Crippen molar-refractivity contribution in [3.8, 4) is 11.5 Å². The second-order valence-electron chi connectivity index (χ2n) is 7.46. The van der Waals surface area contributed by atoms with Crippen LogP contribution in [0.15, 0.2) is 60.2 Å². The number of ether oxygens (including phenoxy) is 2. The summed E-state index contributed by atoms with van der Waals surface area (Å²) in [6.07, 6.45) is 0. The third-order valence-corrected chi connectivity index (χ3v) is 6.15. The first-order valence-corrected chi connectivity index (χ1v) is 10.9. The van der Waals surface area contributed by atoms with E-state index in [2.05, 4.69) is 0 Å². The van der Waals surface area contributed by atoms with E-state index in [-0.39, 0.29) is 38.4 Å². The Morgan fingerprint density at radius 3 is 2.29 bits per heavy atom. The largest absolute Gasteiger partial charge is 0.507 e. The van der Waals surface area contributed by atoms with Crippen LogP contribution in [0.1, 0.15) is 17.2 Å². The molecule has 1 unspecified atom stereocenters. The van der Waals surface area contributed by atoms with Crippen molar-refractivity contribution in [2.45, 2.75) is 6.04 Å². The lowest BCUT2D eigenvalue weighted by molar-refractivity contribution is -0.132. The van der Waals surface area contributed by atoms with Crippen molar-refractivity contribution in [3.05, 3.63) is 93.0 Å². The van der Waals surface area contributed by atoms with Crippen molar-refractivity contribution in [1.29, 1.82) is 0 Å². The van der Waals surface area contributed by atoms with Crippen molar-refractivity contribution < 1.29 is 33.0 Å². The Morgan fingerprint density at radius 1 is 0.971 bits per heavy atom. The Morgan fingerprint density at radius 2 is 1.66 bits per heavy atom. The van der Waals surface area contributed by atoms with Crippen LogP contribution in [0.5, 0.6) is 11.5 Å². The molecule has 3 aromatic rings. The molecule has 3 aromatic carbocycles. The van der Waals surface area contributed by atoms with E-state index < -0.39 is 40.7 Å². The van der Waals surface area contributed by atoms with Gasteiger partial charge in [0, 0.05) is 11.3 Å². The normalized spacial score (nSPS) is 17.1. The second-order valence-corrected chi connectivity index (χ2v) is 8.24. The number of benzene rings is 3. The first-order chi connectivity index (χ1) is 16.7. The Balaban J connectivity index is 2.05. The maximum absolute atomic E-state index is 15.0. The molecule has 180 valence electrons. The third kappa shape index (κ3) is 4.09. The van der Waals surface area contributed by atoms with Crippen LogP contribution in [0, 0.1) is 11.6 Å².